The Morgan fingerprint density at radius 2 is 2.05 bits per heavy atom. The van der Waals surface area contributed by atoms with Crippen molar-refractivity contribution in [2.75, 3.05) is 13.2 Å². The summed E-state index contributed by atoms with van der Waals surface area (Å²) in [7, 11) is 0. The van der Waals surface area contributed by atoms with Crippen LogP contribution in [0.3, 0.4) is 0 Å². The maximum absolute atomic E-state index is 12.1. The monoisotopic (exact) mass is 263 g/mol. The van der Waals surface area contributed by atoms with Crippen LogP contribution in [-0.4, -0.2) is 35.9 Å². The van der Waals surface area contributed by atoms with E-state index in [-0.39, 0.29) is 18.6 Å². The van der Waals surface area contributed by atoms with Crippen molar-refractivity contribution in [2.45, 2.75) is 38.9 Å². The lowest BCUT2D eigenvalue weighted by atomic mass is 9.96. The molecule has 0 spiro atoms. The Hall–Kier alpha value is -1.39. The van der Waals surface area contributed by atoms with Crippen molar-refractivity contribution in [1.82, 2.24) is 5.32 Å². The van der Waals surface area contributed by atoms with Gasteiger partial charge in [0.2, 0.25) is 0 Å². The predicted molar refractivity (Wildman–Crippen MR) is 73.2 cm³/mol. The largest absolute Gasteiger partial charge is 0.385 e. The highest BCUT2D eigenvalue weighted by molar-refractivity contribution is 5.94. The summed E-state index contributed by atoms with van der Waals surface area (Å²) in [4.78, 5) is 12.1. The SMILES string of the molecule is Cc1cc(C)cc(C(=O)NCC2(O)CCOC2C)c1. The molecule has 104 valence electrons. The van der Waals surface area contributed by atoms with Crippen LogP contribution in [0, 0.1) is 13.8 Å². The van der Waals surface area contributed by atoms with Gasteiger partial charge in [0.1, 0.15) is 5.60 Å². The summed E-state index contributed by atoms with van der Waals surface area (Å²) in [5.41, 5.74) is 1.80. The predicted octanol–water partition coefficient (Wildman–Crippen LogP) is 1.57. The summed E-state index contributed by atoms with van der Waals surface area (Å²) in [6, 6.07) is 5.72. The summed E-state index contributed by atoms with van der Waals surface area (Å²) in [6.07, 6.45) is 0.313. The topological polar surface area (TPSA) is 58.6 Å². The molecule has 0 saturated carbocycles. The second kappa shape index (κ2) is 5.31. The molecule has 1 amide bonds. The van der Waals surface area contributed by atoms with Crippen molar-refractivity contribution >= 4 is 5.91 Å². The van der Waals surface area contributed by atoms with Crippen LogP contribution in [0.25, 0.3) is 0 Å². The van der Waals surface area contributed by atoms with Crippen LogP contribution >= 0.6 is 0 Å². The van der Waals surface area contributed by atoms with E-state index in [1.165, 1.54) is 0 Å². The van der Waals surface area contributed by atoms with Crippen molar-refractivity contribution in [3.8, 4) is 0 Å². The van der Waals surface area contributed by atoms with E-state index in [1.807, 2.05) is 39.0 Å². The quantitative estimate of drug-likeness (QED) is 0.870. The van der Waals surface area contributed by atoms with E-state index in [0.29, 0.717) is 18.6 Å². The Bertz CT molecular complexity index is 466. The Labute approximate surface area is 113 Å². The van der Waals surface area contributed by atoms with Crippen molar-refractivity contribution < 1.29 is 14.6 Å². The smallest absolute Gasteiger partial charge is 0.251 e. The van der Waals surface area contributed by atoms with Crippen molar-refractivity contribution in [3.05, 3.63) is 34.9 Å². The molecular weight excluding hydrogens is 242 g/mol. The second-order valence-electron chi connectivity index (χ2n) is 5.43. The van der Waals surface area contributed by atoms with Crippen LogP contribution in [0.2, 0.25) is 0 Å². The number of hydrogen-bond acceptors (Lipinski definition) is 3. The molecule has 0 aliphatic carbocycles. The van der Waals surface area contributed by atoms with Gasteiger partial charge >= 0.3 is 0 Å². The Morgan fingerprint density at radius 1 is 1.42 bits per heavy atom. The minimum absolute atomic E-state index is 0.153. The molecule has 2 atom stereocenters. The third kappa shape index (κ3) is 3.14. The second-order valence-corrected chi connectivity index (χ2v) is 5.43. The molecule has 1 aliphatic heterocycles. The standard InChI is InChI=1S/C15H21NO3/c1-10-6-11(2)8-13(7-10)14(17)16-9-15(18)4-5-19-12(15)3/h6-8,12,18H,4-5,9H2,1-3H3,(H,16,17). The van der Waals surface area contributed by atoms with E-state index in [9.17, 15) is 9.90 Å². The molecule has 2 rings (SSSR count). The molecule has 4 heteroatoms. The summed E-state index contributed by atoms with van der Waals surface area (Å²) < 4.78 is 5.34. The average Bonchev–Trinajstić information content (AvgIpc) is 2.66. The maximum atomic E-state index is 12.1. The van der Waals surface area contributed by atoms with Gasteiger partial charge in [-0.3, -0.25) is 4.79 Å². The van der Waals surface area contributed by atoms with Gasteiger partial charge in [-0.15, -0.1) is 0 Å². The molecule has 0 bridgehead atoms. The van der Waals surface area contributed by atoms with Gasteiger partial charge in [-0.05, 0) is 32.9 Å². The molecule has 1 aromatic carbocycles. The summed E-state index contributed by atoms with van der Waals surface area (Å²) in [6.45, 7) is 6.52. The summed E-state index contributed by atoms with van der Waals surface area (Å²) in [5, 5.41) is 13.1. The summed E-state index contributed by atoms with van der Waals surface area (Å²) >= 11 is 0. The van der Waals surface area contributed by atoms with Gasteiger partial charge in [-0.25, -0.2) is 0 Å². The number of benzene rings is 1. The number of hydrogen-bond donors (Lipinski definition) is 2. The third-order valence-corrected chi connectivity index (χ3v) is 3.70. The zero-order chi connectivity index (χ0) is 14.0. The molecule has 2 N–H and O–H groups in total. The first-order valence-corrected chi connectivity index (χ1v) is 6.61. The van der Waals surface area contributed by atoms with Gasteiger partial charge in [0.15, 0.2) is 0 Å². The molecule has 1 saturated heterocycles. The lowest BCUT2D eigenvalue weighted by molar-refractivity contribution is -0.0251. The number of aliphatic hydroxyl groups is 1. The normalized spacial score (nSPS) is 26.4. The number of carbonyl (C=O) groups excluding carboxylic acids is 1. The zero-order valence-corrected chi connectivity index (χ0v) is 11.7. The van der Waals surface area contributed by atoms with Crippen molar-refractivity contribution in [3.63, 3.8) is 0 Å². The Kier molecular flexibility index (Phi) is 3.92. The molecule has 1 aromatic rings. The van der Waals surface area contributed by atoms with E-state index in [2.05, 4.69) is 5.32 Å². The molecule has 1 heterocycles. The minimum Gasteiger partial charge on any atom is -0.385 e. The number of rotatable bonds is 3. The van der Waals surface area contributed by atoms with Gasteiger partial charge < -0.3 is 15.2 Å². The van der Waals surface area contributed by atoms with Crippen LogP contribution in [0.4, 0.5) is 0 Å². The van der Waals surface area contributed by atoms with Gasteiger partial charge in [0.25, 0.3) is 5.91 Å². The first-order valence-electron chi connectivity index (χ1n) is 6.61. The van der Waals surface area contributed by atoms with Gasteiger partial charge in [0.05, 0.1) is 6.10 Å². The summed E-state index contributed by atoms with van der Waals surface area (Å²) in [5.74, 6) is -0.153. The van der Waals surface area contributed by atoms with E-state index in [0.717, 1.165) is 11.1 Å². The molecule has 1 aliphatic rings. The number of aryl methyl sites for hydroxylation is 2. The molecular formula is C15H21NO3. The highest BCUT2D eigenvalue weighted by Crippen LogP contribution is 2.24. The maximum Gasteiger partial charge on any atom is 0.251 e. The lowest BCUT2D eigenvalue weighted by Gasteiger charge is -2.26. The molecule has 1 fully saturated rings. The van der Waals surface area contributed by atoms with Crippen LogP contribution in [0.1, 0.15) is 34.8 Å². The first kappa shape index (κ1) is 14.0. The highest BCUT2D eigenvalue weighted by Gasteiger charge is 2.39. The number of nitrogens with one attached hydrogen (secondary N) is 1. The van der Waals surface area contributed by atoms with Crippen LogP contribution in [0.15, 0.2) is 18.2 Å². The van der Waals surface area contributed by atoms with E-state index in [4.69, 9.17) is 4.74 Å². The zero-order valence-electron chi connectivity index (χ0n) is 11.7. The molecule has 4 nitrogen and oxygen atoms in total. The fraction of sp³-hybridized carbons (Fsp3) is 0.533. The molecule has 0 aromatic heterocycles. The molecule has 0 radical (unpaired) electrons. The van der Waals surface area contributed by atoms with Crippen LogP contribution in [-0.2, 0) is 4.74 Å². The lowest BCUT2D eigenvalue weighted by Crippen LogP contribution is -2.47. The average molecular weight is 263 g/mol. The van der Waals surface area contributed by atoms with E-state index >= 15 is 0 Å². The fourth-order valence-corrected chi connectivity index (χ4v) is 2.44. The third-order valence-electron chi connectivity index (χ3n) is 3.70. The van der Waals surface area contributed by atoms with Gasteiger partial charge in [-0.1, -0.05) is 17.2 Å². The first-order chi connectivity index (χ1) is 8.90. The fourth-order valence-electron chi connectivity index (χ4n) is 2.44. The number of ether oxygens (including phenoxy) is 1. The Balaban J connectivity index is 2.01. The van der Waals surface area contributed by atoms with Crippen LogP contribution in [0.5, 0.6) is 0 Å². The molecule has 19 heavy (non-hydrogen) atoms. The highest BCUT2D eigenvalue weighted by atomic mass is 16.5. The van der Waals surface area contributed by atoms with E-state index in [1.54, 1.807) is 0 Å². The number of amides is 1. The van der Waals surface area contributed by atoms with E-state index < -0.39 is 5.60 Å². The molecule has 2 unspecified atom stereocenters. The van der Waals surface area contributed by atoms with Gasteiger partial charge in [-0.2, -0.15) is 0 Å². The van der Waals surface area contributed by atoms with Gasteiger partial charge in [0, 0.05) is 25.1 Å². The number of carbonyl (C=O) groups is 1. The van der Waals surface area contributed by atoms with Crippen molar-refractivity contribution in [2.24, 2.45) is 0 Å². The minimum atomic E-state index is -0.950. The van der Waals surface area contributed by atoms with Crippen LogP contribution < -0.4 is 5.32 Å². The Morgan fingerprint density at radius 3 is 2.58 bits per heavy atom. The van der Waals surface area contributed by atoms with Crippen molar-refractivity contribution in [1.29, 1.82) is 0 Å².